The Kier molecular flexibility index (Phi) is 5.61. The smallest absolute Gasteiger partial charge is 0.324 e. The molecule has 0 spiro atoms. The van der Waals surface area contributed by atoms with Crippen LogP contribution in [0.1, 0.15) is 13.0 Å². The zero-order valence-electron chi connectivity index (χ0n) is 13.9. The van der Waals surface area contributed by atoms with Crippen molar-refractivity contribution >= 4 is 27.7 Å². The summed E-state index contributed by atoms with van der Waals surface area (Å²) < 4.78 is 11.1. The Hall–Kier alpha value is -1.24. The van der Waals surface area contributed by atoms with Gasteiger partial charge in [0, 0.05) is 15.8 Å². The van der Waals surface area contributed by atoms with Crippen LogP contribution in [0.5, 0.6) is 5.75 Å². The van der Waals surface area contributed by atoms with Crippen molar-refractivity contribution in [3.63, 3.8) is 0 Å². The third kappa shape index (κ3) is 3.39. The Morgan fingerprint density at radius 2 is 1.80 bits per heavy atom. The molecule has 0 bridgehead atoms. The van der Waals surface area contributed by atoms with E-state index in [0.29, 0.717) is 6.04 Å². The van der Waals surface area contributed by atoms with E-state index in [-0.39, 0.29) is 17.0 Å². The number of halogens is 2. The van der Waals surface area contributed by atoms with Crippen LogP contribution in [-0.2, 0) is 0 Å². The molecule has 0 amide bonds. The predicted octanol–water partition coefficient (Wildman–Crippen LogP) is 1.87. The molecule has 0 aliphatic carbocycles. The number of aromatic nitrogens is 2. The van der Waals surface area contributed by atoms with E-state index >= 15 is 0 Å². The maximum Gasteiger partial charge on any atom is 0.324 e. The van der Waals surface area contributed by atoms with Gasteiger partial charge in [-0.05, 0) is 67.2 Å². The van der Waals surface area contributed by atoms with Crippen LogP contribution in [0.4, 0.5) is 0 Å². The van der Waals surface area contributed by atoms with Gasteiger partial charge in [0.15, 0.2) is 5.69 Å². The first-order chi connectivity index (χ1) is 11.7. The second-order valence-corrected chi connectivity index (χ2v) is 7.80. The van der Waals surface area contributed by atoms with E-state index in [1.54, 1.807) is 7.11 Å². The van der Waals surface area contributed by atoms with Crippen LogP contribution in [0, 0.1) is 0 Å². The number of rotatable bonds is 3. The van der Waals surface area contributed by atoms with E-state index < -0.39 is 0 Å². The van der Waals surface area contributed by atoms with Gasteiger partial charge in [-0.15, -0.1) is 0 Å². The minimum Gasteiger partial charge on any atom is -1.00 e. The predicted molar refractivity (Wildman–Crippen MR) is 101 cm³/mol. The van der Waals surface area contributed by atoms with Crippen LogP contribution >= 0.6 is 27.7 Å². The Balaban J connectivity index is 0.00000182. The zero-order chi connectivity index (χ0) is 16.7. The molecule has 0 radical (unpaired) electrons. The first-order valence-corrected chi connectivity index (χ1v) is 9.65. The highest BCUT2D eigenvalue weighted by Crippen LogP contribution is 2.34. The van der Waals surface area contributed by atoms with Crippen molar-refractivity contribution < 1.29 is 26.3 Å². The number of ether oxygens (including phenoxy) is 1. The maximum absolute atomic E-state index is 5.28. The third-order valence-corrected chi connectivity index (χ3v) is 6.14. The lowest BCUT2D eigenvalue weighted by Gasteiger charge is -2.03. The second-order valence-electron chi connectivity index (χ2n) is 5.90. The summed E-state index contributed by atoms with van der Waals surface area (Å²) >= 11 is 5.43. The van der Waals surface area contributed by atoms with Crippen molar-refractivity contribution in [3.05, 3.63) is 59.2 Å². The van der Waals surface area contributed by atoms with Gasteiger partial charge in [-0.3, -0.25) is 0 Å². The highest BCUT2D eigenvalue weighted by Gasteiger charge is 2.35. The highest BCUT2D eigenvalue weighted by atomic mass is 79.9. The summed E-state index contributed by atoms with van der Waals surface area (Å²) in [7, 11) is 1.70. The van der Waals surface area contributed by atoms with Gasteiger partial charge in [0.1, 0.15) is 23.7 Å². The molecule has 1 atom stereocenters. The summed E-state index contributed by atoms with van der Waals surface area (Å²) in [5, 5.41) is 1.28. The normalized spacial score (nSPS) is 15.6. The molecule has 2 aromatic carbocycles. The molecule has 4 rings (SSSR count). The molecule has 0 saturated carbocycles. The fourth-order valence-corrected chi connectivity index (χ4v) is 4.57. The fourth-order valence-electron chi connectivity index (χ4n) is 3.06. The highest BCUT2D eigenvalue weighted by molar-refractivity contribution is 9.10. The quantitative estimate of drug-likeness (QED) is 0.531. The van der Waals surface area contributed by atoms with Crippen molar-refractivity contribution in [1.82, 2.24) is 4.57 Å². The topological polar surface area (TPSA) is 18.0 Å². The lowest BCUT2D eigenvalue weighted by Crippen LogP contribution is -3.00. The molecule has 3 nitrogen and oxygen atoms in total. The minimum atomic E-state index is 0. The summed E-state index contributed by atoms with van der Waals surface area (Å²) in [6.07, 6.45) is 2.24. The summed E-state index contributed by atoms with van der Waals surface area (Å²) in [5.74, 6) is 1.99. The number of nitrogens with zero attached hydrogens (tertiary/aromatic N) is 2. The van der Waals surface area contributed by atoms with E-state index in [9.17, 15) is 0 Å². The van der Waals surface area contributed by atoms with Gasteiger partial charge < -0.3 is 21.7 Å². The molecule has 0 fully saturated rings. The molecular formula is C19H18Br2N2OS. The molecule has 130 valence electrons. The molecule has 1 aromatic heterocycles. The average molecular weight is 482 g/mol. The molecular weight excluding hydrogens is 464 g/mol. The Labute approximate surface area is 170 Å². The summed E-state index contributed by atoms with van der Waals surface area (Å²) in [6, 6.07) is 17.2. The van der Waals surface area contributed by atoms with Crippen LogP contribution in [0.2, 0.25) is 0 Å². The summed E-state index contributed by atoms with van der Waals surface area (Å²) in [6.45, 7) is 2.28. The molecule has 3 aromatic rings. The largest absolute Gasteiger partial charge is 1.00 e. The van der Waals surface area contributed by atoms with E-state index in [1.807, 2.05) is 23.9 Å². The average Bonchev–Trinajstić information content (AvgIpc) is 3.17. The lowest BCUT2D eigenvalue weighted by atomic mass is 10.1. The monoisotopic (exact) mass is 480 g/mol. The van der Waals surface area contributed by atoms with Crippen LogP contribution in [-0.4, -0.2) is 17.4 Å². The number of imidazole rings is 1. The number of benzene rings is 2. The number of hydrogen-bond donors (Lipinski definition) is 0. The van der Waals surface area contributed by atoms with E-state index in [0.717, 1.165) is 21.7 Å². The van der Waals surface area contributed by atoms with E-state index in [2.05, 4.69) is 74.6 Å². The Morgan fingerprint density at radius 1 is 1.12 bits per heavy atom. The summed E-state index contributed by atoms with van der Waals surface area (Å²) in [4.78, 5) is 0. The van der Waals surface area contributed by atoms with Crippen LogP contribution in [0.3, 0.4) is 0 Å². The molecule has 2 heterocycles. The molecule has 0 N–H and O–H groups in total. The zero-order valence-corrected chi connectivity index (χ0v) is 17.9. The maximum atomic E-state index is 5.28. The van der Waals surface area contributed by atoms with Crippen molar-refractivity contribution in [2.75, 3.05) is 12.9 Å². The summed E-state index contributed by atoms with van der Waals surface area (Å²) in [5.41, 5.74) is 3.65. The molecule has 1 unspecified atom stereocenters. The van der Waals surface area contributed by atoms with Gasteiger partial charge in [0.2, 0.25) is 0 Å². The van der Waals surface area contributed by atoms with Crippen LogP contribution in [0.15, 0.2) is 64.4 Å². The molecule has 6 heteroatoms. The van der Waals surface area contributed by atoms with Gasteiger partial charge in [0.05, 0.1) is 7.11 Å². The molecule has 1 aliphatic heterocycles. The molecule has 25 heavy (non-hydrogen) atoms. The van der Waals surface area contributed by atoms with Gasteiger partial charge >= 0.3 is 5.16 Å². The fraction of sp³-hybridized carbons (Fsp3) is 0.211. The van der Waals surface area contributed by atoms with Gasteiger partial charge in [0.25, 0.3) is 0 Å². The second kappa shape index (κ2) is 7.56. The van der Waals surface area contributed by atoms with Crippen LogP contribution < -0.4 is 26.3 Å². The number of hydrogen-bond acceptors (Lipinski definition) is 2. The Morgan fingerprint density at radius 3 is 2.44 bits per heavy atom. The first-order valence-electron chi connectivity index (χ1n) is 7.87. The van der Waals surface area contributed by atoms with Crippen molar-refractivity contribution in [3.8, 4) is 22.7 Å². The van der Waals surface area contributed by atoms with Crippen molar-refractivity contribution in [2.45, 2.75) is 18.1 Å². The van der Waals surface area contributed by atoms with E-state index in [1.165, 1.54) is 16.4 Å². The van der Waals surface area contributed by atoms with Crippen molar-refractivity contribution in [2.24, 2.45) is 0 Å². The number of fused-ring (bicyclic) bond motifs is 1. The first kappa shape index (κ1) is 18.5. The lowest BCUT2D eigenvalue weighted by molar-refractivity contribution is -0.734. The SMILES string of the molecule is COc1ccc(-n2cc(-c3ccc(Br)cc3)[n+]3c2SCC3C)cc1.[Br-]. The van der Waals surface area contributed by atoms with Crippen LogP contribution in [0.25, 0.3) is 16.9 Å². The number of thioether (sulfide) groups is 1. The van der Waals surface area contributed by atoms with Gasteiger partial charge in [-0.2, -0.15) is 4.57 Å². The Bertz CT molecular complexity index is 876. The van der Waals surface area contributed by atoms with Gasteiger partial charge in [-0.1, -0.05) is 15.9 Å². The minimum absolute atomic E-state index is 0. The van der Waals surface area contributed by atoms with E-state index in [4.69, 9.17) is 4.74 Å². The molecule has 1 aliphatic rings. The van der Waals surface area contributed by atoms with Gasteiger partial charge in [-0.25, -0.2) is 4.57 Å². The standard InChI is InChI=1S/C19H18BrN2OS.BrH/c1-13-12-24-19-21(16-7-9-17(23-2)10-8-16)11-18(22(13)19)14-3-5-15(20)6-4-14;/h3-11,13H,12H2,1-2H3;1H/q+1;/p-1. The third-order valence-electron chi connectivity index (χ3n) is 4.31. The number of methoxy groups -OCH3 is 1. The molecule has 0 saturated heterocycles. The van der Waals surface area contributed by atoms with Crippen molar-refractivity contribution in [1.29, 1.82) is 0 Å².